The molecule has 1 aromatic rings. The van der Waals surface area contributed by atoms with Crippen molar-refractivity contribution < 1.29 is 4.52 Å². The van der Waals surface area contributed by atoms with E-state index in [1.165, 1.54) is 19.5 Å². The Morgan fingerprint density at radius 1 is 1.47 bits per heavy atom. The van der Waals surface area contributed by atoms with Gasteiger partial charge in [0.1, 0.15) is 0 Å². The normalized spacial score (nSPS) is 26.3. The number of piperidine rings is 1. The number of aromatic nitrogens is 1. The van der Waals surface area contributed by atoms with Crippen molar-refractivity contribution in [2.45, 2.75) is 33.4 Å². The number of hydrogen-bond donors (Lipinski definition) is 1. The number of nitrogens with zero attached hydrogens (tertiary/aromatic N) is 2. The summed E-state index contributed by atoms with van der Waals surface area (Å²) in [6.07, 6.45) is 1.29. The zero-order valence-corrected chi connectivity index (χ0v) is 11.1. The highest BCUT2D eigenvalue weighted by molar-refractivity contribution is 5.05. The molecule has 1 aliphatic rings. The molecule has 96 valence electrons. The molecule has 2 atom stereocenters. The molecule has 1 aromatic heterocycles. The molecule has 1 fully saturated rings. The lowest BCUT2D eigenvalue weighted by Crippen LogP contribution is -2.37. The van der Waals surface area contributed by atoms with E-state index in [4.69, 9.17) is 4.52 Å². The molecule has 17 heavy (non-hydrogen) atoms. The second kappa shape index (κ2) is 5.65. The molecule has 0 amide bonds. The molecule has 0 spiro atoms. The quantitative estimate of drug-likeness (QED) is 0.868. The van der Waals surface area contributed by atoms with E-state index in [-0.39, 0.29) is 0 Å². The predicted octanol–water partition coefficient (Wildman–Crippen LogP) is 1.87. The summed E-state index contributed by atoms with van der Waals surface area (Å²) in [5.41, 5.74) is 0.987. The van der Waals surface area contributed by atoms with Gasteiger partial charge >= 0.3 is 0 Å². The molecule has 0 radical (unpaired) electrons. The lowest BCUT2D eigenvalue weighted by Gasteiger charge is -2.34. The minimum atomic E-state index is 0.775. The van der Waals surface area contributed by atoms with E-state index in [0.29, 0.717) is 0 Å². The van der Waals surface area contributed by atoms with Crippen molar-refractivity contribution in [1.82, 2.24) is 15.4 Å². The maximum atomic E-state index is 5.35. The van der Waals surface area contributed by atoms with E-state index in [1.807, 2.05) is 7.05 Å². The van der Waals surface area contributed by atoms with Gasteiger partial charge in [-0.3, -0.25) is 4.90 Å². The van der Waals surface area contributed by atoms with Gasteiger partial charge in [0.05, 0.1) is 12.2 Å². The molecule has 2 heterocycles. The van der Waals surface area contributed by atoms with Gasteiger partial charge < -0.3 is 9.84 Å². The van der Waals surface area contributed by atoms with Gasteiger partial charge in [-0.05, 0) is 31.8 Å². The van der Waals surface area contributed by atoms with Gasteiger partial charge in [0.25, 0.3) is 0 Å². The zero-order chi connectivity index (χ0) is 12.3. The highest BCUT2D eigenvalue weighted by Gasteiger charge is 2.23. The summed E-state index contributed by atoms with van der Waals surface area (Å²) in [5.74, 6) is 2.61. The van der Waals surface area contributed by atoms with Crippen LogP contribution in [0.3, 0.4) is 0 Å². The Hall–Kier alpha value is -0.870. The van der Waals surface area contributed by atoms with Crippen LogP contribution < -0.4 is 5.32 Å². The number of rotatable bonds is 4. The average molecular weight is 237 g/mol. The average Bonchev–Trinajstić information content (AvgIpc) is 2.72. The molecule has 0 aromatic carbocycles. The third-order valence-electron chi connectivity index (χ3n) is 3.76. The monoisotopic (exact) mass is 237 g/mol. The van der Waals surface area contributed by atoms with Crippen molar-refractivity contribution in [3.05, 3.63) is 17.5 Å². The Morgan fingerprint density at radius 2 is 2.29 bits per heavy atom. The fourth-order valence-corrected chi connectivity index (χ4v) is 2.41. The SMILES string of the molecule is CNCc1cc(CN2CCC(C)C(C)C2)on1. The van der Waals surface area contributed by atoms with Gasteiger partial charge in [0.15, 0.2) is 5.76 Å². The van der Waals surface area contributed by atoms with Gasteiger partial charge in [0.2, 0.25) is 0 Å². The molecular formula is C13H23N3O. The first-order valence-electron chi connectivity index (χ1n) is 6.50. The zero-order valence-electron chi connectivity index (χ0n) is 11.1. The van der Waals surface area contributed by atoms with Crippen LogP contribution in [0.25, 0.3) is 0 Å². The van der Waals surface area contributed by atoms with Gasteiger partial charge in [0, 0.05) is 19.2 Å². The van der Waals surface area contributed by atoms with Crippen LogP contribution in [0.4, 0.5) is 0 Å². The maximum absolute atomic E-state index is 5.35. The summed E-state index contributed by atoms with van der Waals surface area (Å²) in [6, 6.07) is 2.05. The van der Waals surface area contributed by atoms with E-state index in [2.05, 4.69) is 35.3 Å². The van der Waals surface area contributed by atoms with Crippen molar-refractivity contribution in [2.24, 2.45) is 11.8 Å². The summed E-state index contributed by atoms with van der Waals surface area (Å²) in [7, 11) is 1.92. The fourth-order valence-electron chi connectivity index (χ4n) is 2.41. The largest absolute Gasteiger partial charge is 0.360 e. The first kappa shape index (κ1) is 12.6. The van der Waals surface area contributed by atoms with Crippen LogP contribution in [-0.4, -0.2) is 30.2 Å². The summed E-state index contributed by atoms with van der Waals surface area (Å²) < 4.78 is 5.35. The lowest BCUT2D eigenvalue weighted by molar-refractivity contribution is 0.121. The smallest absolute Gasteiger partial charge is 0.151 e. The number of hydrogen-bond acceptors (Lipinski definition) is 4. The Balaban J connectivity index is 1.87. The topological polar surface area (TPSA) is 41.3 Å². The van der Waals surface area contributed by atoms with Gasteiger partial charge in [-0.2, -0.15) is 0 Å². The first-order valence-corrected chi connectivity index (χ1v) is 6.50. The van der Waals surface area contributed by atoms with E-state index in [1.54, 1.807) is 0 Å². The second-order valence-electron chi connectivity index (χ2n) is 5.29. The maximum Gasteiger partial charge on any atom is 0.151 e. The lowest BCUT2D eigenvalue weighted by atomic mass is 9.89. The molecule has 4 nitrogen and oxygen atoms in total. The molecular weight excluding hydrogens is 214 g/mol. The Kier molecular flexibility index (Phi) is 4.18. The van der Waals surface area contributed by atoms with Crippen molar-refractivity contribution in [3.63, 3.8) is 0 Å². The van der Waals surface area contributed by atoms with E-state index >= 15 is 0 Å². The Labute approximate surface area is 103 Å². The van der Waals surface area contributed by atoms with Gasteiger partial charge in [-0.15, -0.1) is 0 Å². The van der Waals surface area contributed by atoms with Gasteiger partial charge in [-0.1, -0.05) is 19.0 Å². The van der Waals surface area contributed by atoms with Crippen LogP contribution >= 0.6 is 0 Å². The van der Waals surface area contributed by atoms with Crippen LogP contribution in [0, 0.1) is 11.8 Å². The van der Waals surface area contributed by atoms with Crippen molar-refractivity contribution in [3.8, 4) is 0 Å². The Morgan fingerprint density at radius 3 is 3.00 bits per heavy atom. The summed E-state index contributed by atoms with van der Waals surface area (Å²) in [6.45, 7) is 8.70. The van der Waals surface area contributed by atoms with E-state index < -0.39 is 0 Å². The van der Waals surface area contributed by atoms with E-state index in [9.17, 15) is 0 Å². The number of likely N-dealkylation sites (tertiary alicyclic amines) is 1. The Bertz CT molecular complexity index is 350. The van der Waals surface area contributed by atoms with E-state index in [0.717, 1.165) is 36.4 Å². The standard InChI is InChI=1S/C13H23N3O/c1-10-4-5-16(8-11(10)2)9-13-6-12(7-14-3)15-17-13/h6,10-11,14H,4-5,7-9H2,1-3H3. The molecule has 0 aliphatic carbocycles. The number of nitrogens with one attached hydrogen (secondary N) is 1. The molecule has 2 unspecified atom stereocenters. The second-order valence-corrected chi connectivity index (χ2v) is 5.29. The van der Waals surface area contributed by atoms with Crippen molar-refractivity contribution in [2.75, 3.05) is 20.1 Å². The molecule has 0 bridgehead atoms. The van der Waals surface area contributed by atoms with Crippen LogP contribution in [0.15, 0.2) is 10.6 Å². The molecule has 0 saturated carbocycles. The molecule has 1 saturated heterocycles. The third-order valence-corrected chi connectivity index (χ3v) is 3.76. The highest BCUT2D eigenvalue weighted by atomic mass is 16.5. The van der Waals surface area contributed by atoms with Crippen molar-refractivity contribution >= 4 is 0 Å². The van der Waals surface area contributed by atoms with Crippen LogP contribution in [0.5, 0.6) is 0 Å². The summed E-state index contributed by atoms with van der Waals surface area (Å²) in [4.78, 5) is 2.47. The van der Waals surface area contributed by atoms with Crippen LogP contribution in [0.1, 0.15) is 31.7 Å². The van der Waals surface area contributed by atoms with Crippen molar-refractivity contribution in [1.29, 1.82) is 0 Å². The van der Waals surface area contributed by atoms with Crippen LogP contribution in [0.2, 0.25) is 0 Å². The molecule has 2 rings (SSSR count). The fraction of sp³-hybridized carbons (Fsp3) is 0.769. The predicted molar refractivity (Wildman–Crippen MR) is 67.5 cm³/mol. The first-order chi connectivity index (χ1) is 8.19. The van der Waals surface area contributed by atoms with Crippen LogP contribution in [-0.2, 0) is 13.1 Å². The third kappa shape index (κ3) is 3.30. The molecule has 4 heteroatoms. The van der Waals surface area contributed by atoms with Gasteiger partial charge in [-0.25, -0.2) is 0 Å². The molecule has 1 N–H and O–H groups in total. The minimum absolute atomic E-state index is 0.775. The summed E-state index contributed by atoms with van der Waals surface area (Å²) >= 11 is 0. The summed E-state index contributed by atoms with van der Waals surface area (Å²) in [5, 5.41) is 7.12. The minimum Gasteiger partial charge on any atom is -0.360 e. The highest BCUT2D eigenvalue weighted by Crippen LogP contribution is 2.23. The molecule has 1 aliphatic heterocycles.